The van der Waals surface area contributed by atoms with E-state index in [1.807, 2.05) is 18.2 Å². The minimum absolute atomic E-state index is 0.125. The fourth-order valence-corrected chi connectivity index (χ4v) is 5.40. The van der Waals surface area contributed by atoms with Crippen LogP contribution in [0.1, 0.15) is 23.1 Å². The summed E-state index contributed by atoms with van der Waals surface area (Å²) in [6.07, 6.45) is 5.39. The van der Waals surface area contributed by atoms with E-state index in [4.69, 9.17) is 32.7 Å². The molecule has 12 heteroatoms. The second kappa shape index (κ2) is 11.2. The Balaban J connectivity index is 1.54. The van der Waals surface area contributed by atoms with Gasteiger partial charge in [0.05, 0.1) is 42.6 Å². The molecule has 4 rings (SSSR count). The summed E-state index contributed by atoms with van der Waals surface area (Å²) in [5.74, 6) is 0.635. The summed E-state index contributed by atoms with van der Waals surface area (Å²) in [5.41, 5.74) is 5.71. The number of morpholine rings is 1. The number of aromatic nitrogens is 1. The van der Waals surface area contributed by atoms with Gasteiger partial charge in [-0.2, -0.15) is 8.42 Å². The highest BCUT2D eigenvalue weighted by Gasteiger charge is 2.29. The third-order valence-corrected chi connectivity index (χ3v) is 7.64. The van der Waals surface area contributed by atoms with E-state index >= 15 is 0 Å². The van der Waals surface area contributed by atoms with Gasteiger partial charge in [-0.1, -0.05) is 27.6 Å². The average molecular weight is 528 g/mol. The zero-order valence-electron chi connectivity index (χ0n) is 18.8. The van der Waals surface area contributed by atoms with Crippen molar-refractivity contribution in [3.8, 4) is 5.75 Å². The van der Waals surface area contributed by atoms with Gasteiger partial charge >= 0.3 is 0 Å². The van der Waals surface area contributed by atoms with Crippen LogP contribution in [0, 0.1) is 0 Å². The lowest BCUT2D eigenvalue weighted by atomic mass is 10.0. The lowest BCUT2D eigenvalue weighted by molar-refractivity contribution is 0.0376. The first-order valence-electron chi connectivity index (χ1n) is 10.9. The fraction of sp³-hybridized carbons (Fsp3) is 0.409. The van der Waals surface area contributed by atoms with E-state index < -0.39 is 10.2 Å². The zero-order chi connectivity index (χ0) is 24.1. The minimum Gasteiger partial charge on any atom is -0.497 e. The van der Waals surface area contributed by atoms with Crippen molar-refractivity contribution in [1.82, 2.24) is 24.4 Å². The largest absolute Gasteiger partial charge is 0.497 e. The molecule has 2 N–H and O–H groups in total. The van der Waals surface area contributed by atoms with E-state index in [2.05, 4.69) is 20.0 Å². The second-order valence-electron chi connectivity index (χ2n) is 7.92. The number of hydrogen-bond acceptors (Lipinski definition) is 7. The summed E-state index contributed by atoms with van der Waals surface area (Å²) >= 11 is 12.6. The van der Waals surface area contributed by atoms with Gasteiger partial charge < -0.3 is 14.9 Å². The SMILES string of the molecule is COc1ccc2c(c1)CN(S(=O)(=O)NCCCN1CCOCC1)NC2=Cc1c(Cl)cncc1Cl. The highest BCUT2D eigenvalue weighted by Crippen LogP contribution is 2.33. The average Bonchev–Trinajstić information content (AvgIpc) is 2.84. The number of benzene rings is 1. The Bertz CT molecular complexity index is 1140. The van der Waals surface area contributed by atoms with Gasteiger partial charge in [0, 0.05) is 43.2 Å². The van der Waals surface area contributed by atoms with Crippen LogP contribution in [0.3, 0.4) is 0 Å². The number of halogens is 2. The van der Waals surface area contributed by atoms with Crippen LogP contribution in [-0.4, -0.2) is 69.2 Å². The van der Waals surface area contributed by atoms with Crippen molar-refractivity contribution in [1.29, 1.82) is 0 Å². The molecule has 0 radical (unpaired) electrons. The Morgan fingerprint density at radius 2 is 1.97 bits per heavy atom. The van der Waals surface area contributed by atoms with Crippen molar-refractivity contribution in [3.63, 3.8) is 0 Å². The molecule has 2 aliphatic heterocycles. The summed E-state index contributed by atoms with van der Waals surface area (Å²) in [6.45, 7) is 4.43. The molecule has 0 atom stereocenters. The Hall–Kier alpha value is -1.92. The summed E-state index contributed by atoms with van der Waals surface area (Å²) in [6, 6.07) is 5.51. The molecule has 184 valence electrons. The summed E-state index contributed by atoms with van der Waals surface area (Å²) in [7, 11) is -2.25. The first-order valence-corrected chi connectivity index (χ1v) is 13.1. The number of methoxy groups -OCH3 is 1. The molecule has 1 aromatic heterocycles. The van der Waals surface area contributed by atoms with E-state index in [-0.39, 0.29) is 6.54 Å². The maximum Gasteiger partial charge on any atom is 0.296 e. The normalized spacial score (nSPS) is 18.5. The topological polar surface area (TPSA) is 96.0 Å². The van der Waals surface area contributed by atoms with Crippen LogP contribution in [0.25, 0.3) is 11.8 Å². The predicted molar refractivity (Wildman–Crippen MR) is 133 cm³/mol. The Labute approximate surface area is 209 Å². The van der Waals surface area contributed by atoms with Crippen LogP contribution in [-0.2, 0) is 21.5 Å². The van der Waals surface area contributed by atoms with Crippen LogP contribution in [0.15, 0.2) is 30.6 Å². The molecule has 2 aliphatic rings. The number of nitrogens with one attached hydrogen (secondary N) is 2. The van der Waals surface area contributed by atoms with Gasteiger partial charge in [-0.05, 0) is 42.8 Å². The van der Waals surface area contributed by atoms with E-state index in [0.717, 1.165) is 30.8 Å². The Morgan fingerprint density at radius 1 is 1.24 bits per heavy atom. The van der Waals surface area contributed by atoms with E-state index in [9.17, 15) is 8.42 Å². The first kappa shape index (κ1) is 25.2. The number of nitrogens with zero attached hydrogens (tertiary/aromatic N) is 3. The zero-order valence-corrected chi connectivity index (χ0v) is 21.1. The molecule has 2 aromatic rings. The summed E-state index contributed by atoms with van der Waals surface area (Å²) < 4.78 is 40.8. The van der Waals surface area contributed by atoms with Gasteiger partial charge in [0.1, 0.15) is 5.75 Å². The number of fused-ring (bicyclic) bond motifs is 1. The number of hydrogen-bond donors (Lipinski definition) is 2. The predicted octanol–water partition coefficient (Wildman–Crippen LogP) is 2.77. The third kappa shape index (κ3) is 6.01. The van der Waals surface area contributed by atoms with Crippen LogP contribution >= 0.6 is 23.2 Å². The van der Waals surface area contributed by atoms with Crippen LogP contribution in [0.4, 0.5) is 0 Å². The van der Waals surface area contributed by atoms with E-state index in [1.165, 1.54) is 16.8 Å². The fourth-order valence-electron chi connectivity index (χ4n) is 3.84. The van der Waals surface area contributed by atoms with Crippen molar-refractivity contribution in [2.45, 2.75) is 13.0 Å². The second-order valence-corrected chi connectivity index (χ2v) is 10.4. The number of ether oxygens (including phenoxy) is 2. The molecule has 0 saturated carbocycles. The van der Waals surface area contributed by atoms with E-state index in [0.29, 0.717) is 53.2 Å². The first-order chi connectivity index (χ1) is 16.4. The molecule has 0 spiro atoms. The van der Waals surface area contributed by atoms with Crippen molar-refractivity contribution in [2.24, 2.45) is 0 Å². The Kier molecular flexibility index (Phi) is 8.30. The minimum atomic E-state index is -3.82. The van der Waals surface area contributed by atoms with Gasteiger partial charge in [0.2, 0.25) is 0 Å². The van der Waals surface area contributed by atoms with Gasteiger partial charge in [0.15, 0.2) is 0 Å². The molecule has 1 fully saturated rings. The number of rotatable bonds is 8. The monoisotopic (exact) mass is 527 g/mol. The Morgan fingerprint density at radius 3 is 2.68 bits per heavy atom. The van der Waals surface area contributed by atoms with Crippen LogP contribution in [0.5, 0.6) is 5.75 Å². The van der Waals surface area contributed by atoms with Crippen LogP contribution < -0.4 is 14.9 Å². The van der Waals surface area contributed by atoms with Gasteiger partial charge in [0.25, 0.3) is 10.2 Å². The molecule has 1 aromatic carbocycles. The summed E-state index contributed by atoms with van der Waals surface area (Å²) in [4.78, 5) is 6.24. The molecule has 9 nitrogen and oxygen atoms in total. The standard InChI is InChI=1S/C22H27Cl2N5O4S/c1-32-17-3-4-18-16(11-17)15-29(27-22(18)12-19-20(23)13-25-14-21(19)24)34(30,31)26-5-2-6-28-7-9-33-10-8-28/h3-4,11-14,26-27H,2,5-10,15H2,1H3. The highest BCUT2D eigenvalue weighted by atomic mass is 35.5. The molecule has 34 heavy (non-hydrogen) atoms. The molecule has 0 bridgehead atoms. The third-order valence-electron chi connectivity index (χ3n) is 5.67. The van der Waals surface area contributed by atoms with Gasteiger partial charge in [-0.25, -0.2) is 4.72 Å². The number of pyridine rings is 1. The maximum atomic E-state index is 13.1. The lowest BCUT2D eigenvalue weighted by Gasteiger charge is -2.32. The lowest BCUT2D eigenvalue weighted by Crippen LogP contribution is -2.50. The molecule has 3 heterocycles. The van der Waals surface area contributed by atoms with Crippen molar-refractivity contribution in [2.75, 3.05) is 46.5 Å². The molecule has 1 saturated heterocycles. The number of hydrazine groups is 1. The molecular formula is C22H27Cl2N5O4S. The summed E-state index contributed by atoms with van der Waals surface area (Å²) in [5, 5.41) is 0.719. The van der Waals surface area contributed by atoms with E-state index in [1.54, 1.807) is 13.2 Å². The van der Waals surface area contributed by atoms with Crippen molar-refractivity contribution < 1.29 is 17.9 Å². The molecule has 0 unspecified atom stereocenters. The van der Waals surface area contributed by atoms with Crippen LogP contribution in [0.2, 0.25) is 10.0 Å². The smallest absolute Gasteiger partial charge is 0.296 e. The highest BCUT2D eigenvalue weighted by molar-refractivity contribution is 7.87. The van der Waals surface area contributed by atoms with Gasteiger partial charge in [-0.3, -0.25) is 9.88 Å². The molecule has 0 amide bonds. The van der Waals surface area contributed by atoms with Crippen molar-refractivity contribution >= 4 is 45.2 Å². The van der Waals surface area contributed by atoms with Crippen molar-refractivity contribution in [3.05, 3.63) is 57.3 Å². The molecular weight excluding hydrogens is 501 g/mol. The molecule has 0 aliphatic carbocycles. The quantitative estimate of drug-likeness (QED) is 0.509. The van der Waals surface area contributed by atoms with Gasteiger partial charge in [-0.15, -0.1) is 0 Å². The maximum absolute atomic E-state index is 13.1.